The standard InChI is InChI=1S/C24H31N3O3/c1-17-7-6-8-21(18(17)2)26-13-15-27(16-14-26)22(28)19-9-11-20(12-10-19)25-23(29)30-24(3,4)5/h6-12H,13-16H2,1-5H3,(H,25,29). The van der Waals surface area contributed by atoms with Crippen LogP contribution in [-0.2, 0) is 4.74 Å². The number of nitrogens with zero attached hydrogens (tertiary/aromatic N) is 2. The molecule has 1 fully saturated rings. The zero-order valence-electron chi connectivity index (χ0n) is 18.5. The number of nitrogens with one attached hydrogen (secondary N) is 1. The Kier molecular flexibility index (Phi) is 6.34. The van der Waals surface area contributed by atoms with Crippen molar-refractivity contribution >= 4 is 23.4 Å². The maximum absolute atomic E-state index is 12.9. The van der Waals surface area contributed by atoms with Gasteiger partial charge in [0.1, 0.15) is 5.60 Å². The second-order valence-corrected chi connectivity index (χ2v) is 8.70. The summed E-state index contributed by atoms with van der Waals surface area (Å²) in [5.41, 5.74) is 4.49. The number of carbonyl (C=O) groups is 2. The van der Waals surface area contributed by atoms with Gasteiger partial charge in [0, 0.05) is 43.1 Å². The van der Waals surface area contributed by atoms with E-state index in [1.807, 2.05) is 25.7 Å². The topological polar surface area (TPSA) is 61.9 Å². The molecular weight excluding hydrogens is 378 g/mol. The summed E-state index contributed by atoms with van der Waals surface area (Å²) < 4.78 is 5.25. The van der Waals surface area contributed by atoms with E-state index in [0.717, 1.165) is 13.1 Å². The summed E-state index contributed by atoms with van der Waals surface area (Å²) in [6.07, 6.45) is -0.510. The highest BCUT2D eigenvalue weighted by Gasteiger charge is 2.23. The minimum atomic E-state index is -0.556. The summed E-state index contributed by atoms with van der Waals surface area (Å²) >= 11 is 0. The Hall–Kier alpha value is -3.02. The van der Waals surface area contributed by atoms with Gasteiger partial charge in [-0.25, -0.2) is 4.79 Å². The van der Waals surface area contributed by atoms with Gasteiger partial charge in [0.2, 0.25) is 0 Å². The minimum Gasteiger partial charge on any atom is -0.444 e. The van der Waals surface area contributed by atoms with Crippen LogP contribution in [-0.4, -0.2) is 48.7 Å². The van der Waals surface area contributed by atoms with Gasteiger partial charge in [-0.1, -0.05) is 12.1 Å². The first-order valence-corrected chi connectivity index (χ1v) is 10.3. The molecular formula is C24H31N3O3. The summed E-state index contributed by atoms with van der Waals surface area (Å²) in [5.74, 6) is 0.0134. The fourth-order valence-corrected chi connectivity index (χ4v) is 3.53. The Morgan fingerprint density at radius 2 is 1.57 bits per heavy atom. The lowest BCUT2D eigenvalue weighted by molar-refractivity contribution is 0.0635. The number of piperazine rings is 1. The first-order chi connectivity index (χ1) is 14.1. The Morgan fingerprint density at radius 3 is 2.17 bits per heavy atom. The first-order valence-electron chi connectivity index (χ1n) is 10.3. The van der Waals surface area contributed by atoms with E-state index in [0.29, 0.717) is 24.3 Å². The van der Waals surface area contributed by atoms with E-state index in [2.05, 4.69) is 42.3 Å². The lowest BCUT2D eigenvalue weighted by Crippen LogP contribution is -2.49. The highest BCUT2D eigenvalue weighted by Crippen LogP contribution is 2.24. The van der Waals surface area contributed by atoms with Crippen LogP contribution in [0.2, 0.25) is 0 Å². The van der Waals surface area contributed by atoms with Crippen LogP contribution in [0.4, 0.5) is 16.2 Å². The van der Waals surface area contributed by atoms with Crippen LogP contribution < -0.4 is 10.2 Å². The fourth-order valence-electron chi connectivity index (χ4n) is 3.53. The molecule has 1 saturated heterocycles. The maximum atomic E-state index is 12.9. The molecule has 0 spiro atoms. The quantitative estimate of drug-likeness (QED) is 0.804. The van der Waals surface area contributed by atoms with Crippen molar-refractivity contribution in [2.45, 2.75) is 40.2 Å². The van der Waals surface area contributed by atoms with Gasteiger partial charge in [0.05, 0.1) is 0 Å². The average molecular weight is 410 g/mol. The van der Waals surface area contributed by atoms with E-state index in [1.165, 1.54) is 16.8 Å². The number of amides is 2. The molecule has 1 heterocycles. The molecule has 1 N–H and O–H groups in total. The molecule has 0 radical (unpaired) electrons. The highest BCUT2D eigenvalue weighted by atomic mass is 16.6. The second-order valence-electron chi connectivity index (χ2n) is 8.70. The smallest absolute Gasteiger partial charge is 0.412 e. The van der Waals surface area contributed by atoms with Crippen molar-refractivity contribution in [2.24, 2.45) is 0 Å². The molecule has 0 aromatic heterocycles. The molecule has 0 unspecified atom stereocenters. The molecule has 3 rings (SSSR count). The number of anilines is 2. The Labute approximate surface area is 178 Å². The lowest BCUT2D eigenvalue weighted by Gasteiger charge is -2.37. The van der Waals surface area contributed by atoms with Gasteiger partial charge in [-0.05, 0) is 76.1 Å². The monoisotopic (exact) mass is 409 g/mol. The van der Waals surface area contributed by atoms with E-state index in [-0.39, 0.29) is 5.91 Å². The van der Waals surface area contributed by atoms with Gasteiger partial charge in [0.15, 0.2) is 0 Å². The number of hydrogen-bond donors (Lipinski definition) is 1. The van der Waals surface area contributed by atoms with Gasteiger partial charge >= 0.3 is 6.09 Å². The summed E-state index contributed by atoms with van der Waals surface area (Å²) in [6, 6.07) is 13.3. The van der Waals surface area contributed by atoms with Crippen molar-refractivity contribution in [1.29, 1.82) is 0 Å². The van der Waals surface area contributed by atoms with Crippen LogP contribution in [0.1, 0.15) is 42.3 Å². The van der Waals surface area contributed by atoms with Crippen LogP contribution in [0.5, 0.6) is 0 Å². The van der Waals surface area contributed by atoms with Gasteiger partial charge in [-0.15, -0.1) is 0 Å². The summed E-state index contributed by atoms with van der Waals surface area (Å²) in [5, 5.41) is 2.69. The predicted molar refractivity (Wildman–Crippen MR) is 120 cm³/mol. The highest BCUT2D eigenvalue weighted by molar-refractivity contribution is 5.95. The Bertz CT molecular complexity index is 908. The molecule has 1 aliphatic heterocycles. The zero-order valence-corrected chi connectivity index (χ0v) is 18.5. The number of aryl methyl sites for hydroxylation is 1. The molecule has 2 aromatic rings. The molecule has 2 aromatic carbocycles. The molecule has 0 bridgehead atoms. The lowest BCUT2D eigenvalue weighted by atomic mass is 10.1. The third-order valence-corrected chi connectivity index (χ3v) is 5.26. The summed E-state index contributed by atoms with van der Waals surface area (Å²) in [7, 11) is 0. The molecule has 160 valence electrons. The second kappa shape index (κ2) is 8.78. The average Bonchev–Trinajstić information content (AvgIpc) is 2.69. The SMILES string of the molecule is Cc1cccc(N2CCN(C(=O)c3ccc(NC(=O)OC(C)(C)C)cc3)CC2)c1C. The van der Waals surface area contributed by atoms with Gasteiger partial charge < -0.3 is 14.5 Å². The van der Waals surface area contributed by atoms with Crippen LogP contribution in [0, 0.1) is 13.8 Å². The van der Waals surface area contributed by atoms with Crippen LogP contribution >= 0.6 is 0 Å². The Morgan fingerprint density at radius 1 is 0.933 bits per heavy atom. The molecule has 2 amide bonds. The minimum absolute atomic E-state index is 0.0134. The summed E-state index contributed by atoms with van der Waals surface area (Å²) in [4.78, 5) is 29.0. The van der Waals surface area contributed by atoms with Crippen LogP contribution in [0.3, 0.4) is 0 Å². The van der Waals surface area contributed by atoms with Crippen molar-refractivity contribution in [3.63, 3.8) is 0 Å². The molecule has 6 heteroatoms. The zero-order chi connectivity index (χ0) is 21.9. The molecule has 0 saturated carbocycles. The van der Waals surface area contributed by atoms with E-state index < -0.39 is 11.7 Å². The van der Waals surface area contributed by atoms with Crippen LogP contribution in [0.25, 0.3) is 0 Å². The van der Waals surface area contributed by atoms with E-state index in [1.54, 1.807) is 24.3 Å². The molecule has 0 aliphatic carbocycles. The molecule has 0 atom stereocenters. The van der Waals surface area contributed by atoms with Crippen molar-refractivity contribution in [3.05, 3.63) is 59.2 Å². The third kappa shape index (κ3) is 5.32. The first kappa shape index (κ1) is 21.7. The number of benzene rings is 2. The molecule has 30 heavy (non-hydrogen) atoms. The van der Waals surface area contributed by atoms with E-state index in [4.69, 9.17) is 4.74 Å². The third-order valence-electron chi connectivity index (χ3n) is 5.26. The summed E-state index contributed by atoms with van der Waals surface area (Å²) in [6.45, 7) is 12.7. The maximum Gasteiger partial charge on any atom is 0.412 e. The van der Waals surface area contributed by atoms with Crippen molar-refractivity contribution < 1.29 is 14.3 Å². The number of carbonyl (C=O) groups excluding carboxylic acids is 2. The normalized spacial score (nSPS) is 14.4. The van der Waals surface area contributed by atoms with Crippen molar-refractivity contribution in [1.82, 2.24) is 4.90 Å². The number of rotatable bonds is 3. The van der Waals surface area contributed by atoms with Crippen molar-refractivity contribution in [2.75, 3.05) is 36.4 Å². The van der Waals surface area contributed by atoms with Gasteiger partial charge in [-0.3, -0.25) is 10.1 Å². The van der Waals surface area contributed by atoms with Gasteiger partial charge in [0.25, 0.3) is 5.91 Å². The van der Waals surface area contributed by atoms with Crippen molar-refractivity contribution in [3.8, 4) is 0 Å². The number of ether oxygens (including phenoxy) is 1. The molecule has 6 nitrogen and oxygen atoms in total. The largest absolute Gasteiger partial charge is 0.444 e. The molecule has 1 aliphatic rings. The van der Waals surface area contributed by atoms with E-state index in [9.17, 15) is 9.59 Å². The van der Waals surface area contributed by atoms with Crippen LogP contribution in [0.15, 0.2) is 42.5 Å². The Balaban J connectivity index is 1.57. The van der Waals surface area contributed by atoms with Gasteiger partial charge in [-0.2, -0.15) is 0 Å². The fraction of sp³-hybridized carbons (Fsp3) is 0.417. The van der Waals surface area contributed by atoms with E-state index >= 15 is 0 Å². The predicted octanol–water partition coefficient (Wildman–Crippen LogP) is 4.61. The number of hydrogen-bond acceptors (Lipinski definition) is 4.